The summed E-state index contributed by atoms with van der Waals surface area (Å²) in [6.07, 6.45) is 0.504. The van der Waals surface area contributed by atoms with E-state index in [0.717, 1.165) is 10.5 Å². The van der Waals surface area contributed by atoms with Crippen LogP contribution in [-0.4, -0.2) is 4.98 Å². The highest BCUT2D eigenvalue weighted by Crippen LogP contribution is 2.38. The van der Waals surface area contributed by atoms with E-state index in [1.165, 1.54) is 10.9 Å². The largest absolute Gasteiger partial charge is 0.350 e. The van der Waals surface area contributed by atoms with Crippen LogP contribution >= 0.6 is 11.8 Å². The molecule has 1 N–H and O–H groups in total. The van der Waals surface area contributed by atoms with Gasteiger partial charge in [-0.1, -0.05) is 60.3 Å². The number of nitrogens with zero attached hydrogens (tertiary/aromatic N) is 1. The molecule has 2 nitrogen and oxygen atoms in total. The van der Waals surface area contributed by atoms with Gasteiger partial charge >= 0.3 is 0 Å². The van der Waals surface area contributed by atoms with Crippen molar-refractivity contribution in [1.82, 2.24) is 4.98 Å². The highest BCUT2D eigenvalue weighted by atomic mass is 32.2. The molecular formula is C17H14N2S. The van der Waals surface area contributed by atoms with Crippen LogP contribution in [0.2, 0.25) is 0 Å². The van der Waals surface area contributed by atoms with E-state index in [2.05, 4.69) is 41.4 Å². The third-order valence-corrected chi connectivity index (χ3v) is 4.42. The van der Waals surface area contributed by atoms with Gasteiger partial charge in [-0.15, -0.1) is 0 Å². The van der Waals surface area contributed by atoms with E-state index < -0.39 is 0 Å². The molecule has 1 atom stereocenters. The van der Waals surface area contributed by atoms with Crippen molar-refractivity contribution >= 4 is 22.7 Å². The molecule has 0 bridgehead atoms. The third kappa shape index (κ3) is 2.71. The number of H-pyrrole nitrogens is 1. The average Bonchev–Trinajstić information content (AvgIpc) is 2.90. The molecule has 0 spiro atoms. The topological polar surface area (TPSA) is 39.6 Å². The van der Waals surface area contributed by atoms with Gasteiger partial charge in [-0.2, -0.15) is 5.26 Å². The first-order chi connectivity index (χ1) is 9.86. The fourth-order valence-corrected chi connectivity index (χ4v) is 3.36. The Labute approximate surface area is 122 Å². The van der Waals surface area contributed by atoms with Crippen molar-refractivity contribution in [3.63, 3.8) is 0 Å². The maximum atomic E-state index is 9.04. The first-order valence-corrected chi connectivity index (χ1v) is 7.41. The van der Waals surface area contributed by atoms with Crippen LogP contribution < -0.4 is 0 Å². The average molecular weight is 278 g/mol. The lowest BCUT2D eigenvalue weighted by Crippen LogP contribution is -1.92. The summed E-state index contributed by atoms with van der Waals surface area (Å²) < 4.78 is 0. The Kier molecular flexibility index (Phi) is 3.76. The predicted molar refractivity (Wildman–Crippen MR) is 83.6 cm³/mol. The standard InChI is InChI=1S/C17H14N2S/c18-11-10-16(13-6-2-1-3-7-13)20-17-12-14-8-4-5-9-15(14)19-17/h1-9,12,16,19H,10H2. The third-order valence-electron chi connectivity index (χ3n) is 3.22. The number of rotatable bonds is 4. The van der Waals surface area contributed by atoms with Crippen LogP contribution in [0.25, 0.3) is 10.9 Å². The summed E-state index contributed by atoms with van der Waals surface area (Å²) in [5.74, 6) is 0. The van der Waals surface area contributed by atoms with Crippen molar-refractivity contribution in [3.05, 3.63) is 66.2 Å². The molecule has 0 saturated carbocycles. The quantitative estimate of drug-likeness (QED) is 0.688. The normalized spacial score (nSPS) is 12.2. The minimum absolute atomic E-state index is 0.161. The van der Waals surface area contributed by atoms with E-state index in [-0.39, 0.29) is 5.25 Å². The summed E-state index contributed by atoms with van der Waals surface area (Å²) in [4.78, 5) is 3.41. The first-order valence-electron chi connectivity index (χ1n) is 6.53. The molecule has 1 heterocycles. The SMILES string of the molecule is N#CCC(Sc1cc2ccccc2[nH]1)c1ccccc1. The fourth-order valence-electron chi connectivity index (χ4n) is 2.24. The smallest absolute Gasteiger partial charge is 0.0738 e. The second kappa shape index (κ2) is 5.85. The second-order valence-electron chi connectivity index (χ2n) is 4.60. The van der Waals surface area contributed by atoms with Crippen LogP contribution in [0.4, 0.5) is 0 Å². The zero-order valence-electron chi connectivity index (χ0n) is 10.9. The number of benzene rings is 2. The number of hydrogen-bond acceptors (Lipinski definition) is 2. The van der Waals surface area contributed by atoms with Gasteiger partial charge in [-0.25, -0.2) is 0 Å². The van der Waals surface area contributed by atoms with Crippen LogP contribution in [0.15, 0.2) is 65.7 Å². The summed E-state index contributed by atoms with van der Waals surface area (Å²) in [5, 5.41) is 11.5. The number of aromatic nitrogens is 1. The van der Waals surface area contributed by atoms with E-state index in [9.17, 15) is 0 Å². The Bertz CT molecular complexity index is 707. The van der Waals surface area contributed by atoms with Crippen molar-refractivity contribution in [1.29, 1.82) is 5.26 Å². The summed E-state index contributed by atoms with van der Waals surface area (Å²) in [7, 11) is 0. The molecule has 3 aromatic rings. The second-order valence-corrected chi connectivity index (χ2v) is 5.84. The molecule has 1 aromatic heterocycles. The summed E-state index contributed by atoms with van der Waals surface area (Å²) in [6.45, 7) is 0. The Morgan fingerprint density at radius 2 is 1.80 bits per heavy atom. The van der Waals surface area contributed by atoms with E-state index in [1.54, 1.807) is 11.8 Å². The van der Waals surface area contributed by atoms with Crippen molar-refractivity contribution in [2.75, 3.05) is 0 Å². The molecule has 20 heavy (non-hydrogen) atoms. The van der Waals surface area contributed by atoms with Gasteiger partial charge in [0.2, 0.25) is 0 Å². The maximum absolute atomic E-state index is 9.04. The molecule has 0 saturated heterocycles. The molecule has 1 unspecified atom stereocenters. The molecular weight excluding hydrogens is 264 g/mol. The summed E-state index contributed by atoms with van der Waals surface area (Å²) in [5.41, 5.74) is 2.33. The molecule has 2 aromatic carbocycles. The number of thioether (sulfide) groups is 1. The predicted octanol–water partition coefficient (Wildman–Crippen LogP) is 4.91. The summed E-state index contributed by atoms with van der Waals surface area (Å²) >= 11 is 1.71. The zero-order chi connectivity index (χ0) is 13.8. The molecule has 0 amide bonds. The Morgan fingerprint density at radius 3 is 2.55 bits per heavy atom. The van der Waals surface area contributed by atoms with Gasteiger partial charge in [0.05, 0.1) is 17.5 Å². The van der Waals surface area contributed by atoms with Gasteiger partial charge in [0, 0.05) is 16.2 Å². The lowest BCUT2D eigenvalue weighted by molar-refractivity contribution is 0.973. The number of fused-ring (bicyclic) bond motifs is 1. The molecule has 0 radical (unpaired) electrons. The maximum Gasteiger partial charge on any atom is 0.0738 e. The highest BCUT2D eigenvalue weighted by molar-refractivity contribution is 7.99. The summed E-state index contributed by atoms with van der Waals surface area (Å²) in [6, 6.07) is 22.9. The molecule has 3 rings (SSSR count). The molecule has 98 valence electrons. The van der Waals surface area contributed by atoms with E-state index in [4.69, 9.17) is 5.26 Å². The van der Waals surface area contributed by atoms with Gasteiger partial charge in [-0.05, 0) is 17.7 Å². The number of para-hydroxylation sites is 1. The van der Waals surface area contributed by atoms with Crippen molar-refractivity contribution in [2.24, 2.45) is 0 Å². The lowest BCUT2D eigenvalue weighted by atomic mass is 10.1. The molecule has 0 fully saturated rings. The lowest BCUT2D eigenvalue weighted by Gasteiger charge is -2.12. The number of nitrogens with one attached hydrogen (secondary N) is 1. The number of hydrogen-bond donors (Lipinski definition) is 1. The van der Waals surface area contributed by atoms with Gasteiger partial charge < -0.3 is 4.98 Å². The van der Waals surface area contributed by atoms with Crippen molar-refractivity contribution < 1.29 is 0 Å². The van der Waals surface area contributed by atoms with Gasteiger partial charge in [0.15, 0.2) is 0 Å². The Hall–Kier alpha value is -2.18. The molecule has 0 aliphatic carbocycles. The zero-order valence-corrected chi connectivity index (χ0v) is 11.7. The monoisotopic (exact) mass is 278 g/mol. The minimum Gasteiger partial charge on any atom is -0.350 e. The number of nitriles is 1. The fraction of sp³-hybridized carbons (Fsp3) is 0.118. The molecule has 0 aliphatic rings. The van der Waals surface area contributed by atoms with Gasteiger partial charge in [-0.3, -0.25) is 0 Å². The highest BCUT2D eigenvalue weighted by Gasteiger charge is 2.14. The Balaban J connectivity index is 1.88. The van der Waals surface area contributed by atoms with Crippen molar-refractivity contribution in [3.8, 4) is 6.07 Å². The molecule has 3 heteroatoms. The van der Waals surface area contributed by atoms with Crippen LogP contribution in [0.1, 0.15) is 17.2 Å². The Morgan fingerprint density at radius 1 is 1.05 bits per heavy atom. The van der Waals surface area contributed by atoms with Crippen LogP contribution in [-0.2, 0) is 0 Å². The van der Waals surface area contributed by atoms with E-state index in [0.29, 0.717) is 6.42 Å². The van der Waals surface area contributed by atoms with Crippen LogP contribution in [0.5, 0.6) is 0 Å². The van der Waals surface area contributed by atoms with E-state index in [1.807, 2.05) is 30.3 Å². The van der Waals surface area contributed by atoms with Gasteiger partial charge in [0.25, 0.3) is 0 Å². The number of aromatic amines is 1. The van der Waals surface area contributed by atoms with Crippen LogP contribution in [0, 0.1) is 11.3 Å². The van der Waals surface area contributed by atoms with Crippen LogP contribution in [0.3, 0.4) is 0 Å². The molecule has 0 aliphatic heterocycles. The van der Waals surface area contributed by atoms with E-state index >= 15 is 0 Å². The van der Waals surface area contributed by atoms with Gasteiger partial charge in [0.1, 0.15) is 0 Å². The first kappa shape index (κ1) is 12.8. The minimum atomic E-state index is 0.161. The van der Waals surface area contributed by atoms with Crippen molar-refractivity contribution in [2.45, 2.75) is 16.7 Å².